The molecule has 1 N–H and O–H groups in total. The first-order chi connectivity index (χ1) is 4.65. The van der Waals surface area contributed by atoms with Crippen LogP contribution in [0.3, 0.4) is 0 Å². The molecular weight excluding hydrogens is 261 g/mol. The molecule has 0 aromatic heterocycles. The Bertz CT molecular complexity index is 143. The monoisotopic (exact) mass is 270 g/mol. The van der Waals surface area contributed by atoms with Gasteiger partial charge in [-0.1, -0.05) is 35.2 Å². The van der Waals surface area contributed by atoms with Crippen molar-refractivity contribution in [1.29, 1.82) is 0 Å². The summed E-state index contributed by atoms with van der Waals surface area (Å²) in [4.78, 5) is 10.6. The average Bonchev–Trinajstić information content (AvgIpc) is 1.89. The van der Waals surface area contributed by atoms with Crippen LogP contribution in [0.5, 0.6) is 0 Å². The van der Waals surface area contributed by atoms with Crippen LogP contribution in [0.15, 0.2) is 0 Å². The molecule has 1 aliphatic rings. The minimum Gasteiger partial charge on any atom is -0.480 e. The van der Waals surface area contributed by atoms with Crippen LogP contribution in [0.25, 0.3) is 0 Å². The van der Waals surface area contributed by atoms with Gasteiger partial charge in [-0.05, 0) is 12.8 Å². The van der Waals surface area contributed by atoms with E-state index in [9.17, 15) is 4.79 Å². The van der Waals surface area contributed by atoms with Crippen LogP contribution in [0.4, 0.5) is 0 Å². The van der Waals surface area contributed by atoms with Gasteiger partial charge in [0, 0.05) is 19.5 Å². The third-order valence-electron chi connectivity index (χ3n) is 2.03. The molecule has 0 aliphatic heterocycles. The second-order valence-corrected chi connectivity index (χ2v) is 4.35. The molecule has 0 aromatic rings. The van der Waals surface area contributed by atoms with Gasteiger partial charge in [0.25, 0.3) is 0 Å². The van der Waals surface area contributed by atoms with Crippen LogP contribution < -0.4 is 0 Å². The number of hydrogen-bond acceptors (Lipinski definition) is 1. The summed E-state index contributed by atoms with van der Waals surface area (Å²) in [5.74, 6) is -0.702. The zero-order valence-corrected chi connectivity index (χ0v) is 11.0. The number of rotatable bonds is 1. The molecule has 2 nitrogen and oxygen atoms in total. The van der Waals surface area contributed by atoms with Gasteiger partial charge in [0.15, 0.2) is 0 Å². The summed E-state index contributed by atoms with van der Waals surface area (Å²) in [6.45, 7) is 0. The Morgan fingerprint density at radius 2 is 1.73 bits per heavy atom. The largest absolute Gasteiger partial charge is 0.480 e. The Hall–Kier alpha value is 0.573. The van der Waals surface area contributed by atoms with Crippen molar-refractivity contribution in [3.8, 4) is 0 Å². The van der Waals surface area contributed by atoms with E-state index < -0.39 is 10.3 Å². The summed E-state index contributed by atoms with van der Waals surface area (Å²) in [5.41, 5.74) is 0. The van der Waals surface area contributed by atoms with E-state index in [1.807, 2.05) is 0 Å². The summed E-state index contributed by atoms with van der Waals surface area (Å²) in [6, 6.07) is 0. The summed E-state index contributed by atoms with van der Waals surface area (Å²) >= 11 is 3.26. The van der Waals surface area contributed by atoms with E-state index in [4.69, 9.17) is 5.11 Å². The molecule has 60 valence electrons. The second-order valence-electron chi connectivity index (χ2n) is 2.83. The Labute approximate surface area is 87.6 Å². The van der Waals surface area contributed by atoms with Crippen molar-refractivity contribution in [2.24, 2.45) is 0 Å². The number of hydrogen-bond donors (Lipinski definition) is 1. The summed E-state index contributed by atoms with van der Waals surface area (Å²) < 4.78 is -0.592. The van der Waals surface area contributed by atoms with Gasteiger partial charge in [0.2, 0.25) is 0 Å². The van der Waals surface area contributed by atoms with Gasteiger partial charge in [0.05, 0.1) is 0 Å². The van der Waals surface area contributed by atoms with Crippen molar-refractivity contribution in [3.05, 3.63) is 0 Å². The van der Waals surface area contributed by atoms with E-state index in [-0.39, 0.29) is 19.5 Å². The SMILES string of the molecule is O=C(O)C1(Br)CCCCC1.[Zn]. The molecular formula is C7H11BrO2Zn. The fraction of sp³-hybridized carbons (Fsp3) is 0.857. The molecule has 1 aliphatic carbocycles. The van der Waals surface area contributed by atoms with Crippen LogP contribution >= 0.6 is 15.9 Å². The summed E-state index contributed by atoms with van der Waals surface area (Å²) in [7, 11) is 0. The van der Waals surface area contributed by atoms with E-state index in [0.717, 1.165) is 25.7 Å². The summed E-state index contributed by atoms with van der Waals surface area (Å²) in [5, 5.41) is 8.75. The summed E-state index contributed by atoms with van der Waals surface area (Å²) in [6.07, 6.45) is 4.82. The average molecular weight is 272 g/mol. The van der Waals surface area contributed by atoms with E-state index in [2.05, 4.69) is 15.9 Å². The van der Waals surface area contributed by atoms with E-state index in [1.165, 1.54) is 6.42 Å². The molecule has 0 bridgehead atoms. The fourth-order valence-corrected chi connectivity index (χ4v) is 1.89. The number of carbonyl (C=O) groups is 1. The molecule has 1 saturated carbocycles. The Kier molecular flexibility index (Phi) is 4.80. The molecule has 4 heteroatoms. The Balaban J connectivity index is 0.000001000. The van der Waals surface area contributed by atoms with Crippen molar-refractivity contribution >= 4 is 21.9 Å². The van der Waals surface area contributed by atoms with E-state index in [0.29, 0.717) is 0 Å². The number of alkyl halides is 1. The van der Waals surface area contributed by atoms with Gasteiger partial charge >= 0.3 is 5.97 Å². The maximum absolute atomic E-state index is 10.6. The number of carboxylic acids is 1. The second kappa shape index (κ2) is 4.56. The van der Waals surface area contributed by atoms with Crippen molar-refractivity contribution in [1.82, 2.24) is 0 Å². The first-order valence-electron chi connectivity index (χ1n) is 3.57. The topological polar surface area (TPSA) is 37.3 Å². The standard InChI is InChI=1S/C7H11BrO2.Zn/c8-7(6(9)10)4-2-1-3-5-7;/h1-5H2,(H,9,10);. The third kappa shape index (κ3) is 2.83. The molecule has 1 fully saturated rings. The van der Waals surface area contributed by atoms with Crippen LogP contribution in [0.1, 0.15) is 32.1 Å². The molecule has 0 radical (unpaired) electrons. The van der Waals surface area contributed by atoms with Crippen molar-refractivity contribution in [2.45, 2.75) is 36.4 Å². The van der Waals surface area contributed by atoms with Gasteiger partial charge in [-0.15, -0.1) is 0 Å². The molecule has 0 aromatic carbocycles. The maximum atomic E-state index is 10.6. The predicted molar refractivity (Wildman–Crippen MR) is 42.4 cm³/mol. The number of aliphatic carboxylic acids is 1. The van der Waals surface area contributed by atoms with E-state index in [1.54, 1.807) is 0 Å². The molecule has 0 atom stereocenters. The van der Waals surface area contributed by atoms with Gasteiger partial charge in [-0.25, -0.2) is 0 Å². The maximum Gasteiger partial charge on any atom is 0.320 e. The van der Waals surface area contributed by atoms with Crippen molar-refractivity contribution in [3.63, 3.8) is 0 Å². The molecule has 0 unspecified atom stereocenters. The Morgan fingerprint density at radius 3 is 2.00 bits per heavy atom. The smallest absolute Gasteiger partial charge is 0.320 e. The first-order valence-corrected chi connectivity index (χ1v) is 4.37. The van der Waals surface area contributed by atoms with Crippen LogP contribution in [-0.2, 0) is 24.3 Å². The predicted octanol–water partition coefficient (Wildman–Crippen LogP) is 2.17. The van der Waals surface area contributed by atoms with Gasteiger partial charge in [0.1, 0.15) is 4.32 Å². The van der Waals surface area contributed by atoms with Gasteiger partial charge < -0.3 is 5.11 Å². The first kappa shape index (κ1) is 11.6. The molecule has 0 saturated heterocycles. The fourth-order valence-electron chi connectivity index (χ4n) is 1.33. The quantitative estimate of drug-likeness (QED) is 0.587. The van der Waals surface area contributed by atoms with Crippen LogP contribution in [0.2, 0.25) is 0 Å². The van der Waals surface area contributed by atoms with Crippen molar-refractivity contribution < 1.29 is 29.4 Å². The molecule has 0 spiro atoms. The van der Waals surface area contributed by atoms with Gasteiger partial charge in [-0.3, -0.25) is 4.79 Å². The zero-order chi connectivity index (χ0) is 7.61. The Morgan fingerprint density at radius 1 is 1.27 bits per heavy atom. The third-order valence-corrected chi connectivity index (χ3v) is 3.16. The zero-order valence-electron chi connectivity index (χ0n) is 6.48. The number of carboxylic acid groups (broad SMARTS) is 1. The van der Waals surface area contributed by atoms with Crippen LogP contribution in [-0.4, -0.2) is 15.4 Å². The minimum absolute atomic E-state index is 0. The normalized spacial score (nSPS) is 21.9. The van der Waals surface area contributed by atoms with Crippen molar-refractivity contribution in [2.75, 3.05) is 0 Å². The number of halogens is 1. The van der Waals surface area contributed by atoms with Crippen LogP contribution in [0, 0.1) is 0 Å². The molecule has 0 heterocycles. The molecule has 1 rings (SSSR count). The van der Waals surface area contributed by atoms with Gasteiger partial charge in [-0.2, -0.15) is 0 Å². The molecule has 0 amide bonds. The minimum atomic E-state index is -0.702. The molecule has 11 heavy (non-hydrogen) atoms. The van der Waals surface area contributed by atoms with E-state index >= 15 is 0 Å².